The van der Waals surface area contributed by atoms with Crippen molar-refractivity contribution in [2.75, 3.05) is 12.4 Å². The van der Waals surface area contributed by atoms with Gasteiger partial charge in [-0.1, -0.05) is 12.1 Å². The Bertz CT molecular complexity index is 1180. The van der Waals surface area contributed by atoms with Crippen molar-refractivity contribution in [3.8, 4) is 11.3 Å². The van der Waals surface area contributed by atoms with Crippen LogP contribution in [0, 0.1) is 12.8 Å². The minimum absolute atomic E-state index is 0.0378. The summed E-state index contributed by atoms with van der Waals surface area (Å²) >= 11 is 0. The number of ether oxygens (including phenoxy) is 2. The molecule has 0 aliphatic heterocycles. The molecule has 1 amide bonds. The van der Waals surface area contributed by atoms with Gasteiger partial charge in [-0.05, 0) is 76.6 Å². The minimum atomic E-state index is -0.544. The number of carbonyl (C=O) groups excluding carboxylic acids is 2. The zero-order valence-corrected chi connectivity index (χ0v) is 22.8. The molecule has 10 nitrogen and oxygen atoms in total. The summed E-state index contributed by atoms with van der Waals surface area (Å²) in [4.78, 5) is 37.3. The van der Waals surface area contributed by atoms with Gasteiger partial charge in [0.25, 0.3) is 0 Å². The maximum Gasteiger partial charge on any atom is 0.407 e. The highest BCUT2D eigenvalue weighted by Gasteiger charge is 2.26. The molecular weight excluding hydrogens is 484 g/mol. The first-order valence-corrected chi connectivity index (χ1v) is 12.8. The molecular formula is C28H38N6O4. The Hall–Kier alpha value is -3.95. The molecule has 1 aliphatic rings. The number of nitrogens with zero attached hydrogens (tertiary/aromatic N) is 3. The van der Waals surface area contributed by atoms with Crippen LogP contribution in [0.1, 0.15) is 57.6 Å². The van der Waals surface area contributed by atoms with E-state index < -0.39 is 11.7 Å². The van der Waals surface area contributed by atoms with E-state index in [1.54, 1.807) is 12.4 Å². The van der Waals surface area contributed by atoms with Gasteiger partial charge in [-0.3, -0.25) is 9.79 Å². The number of methoxy groups -OCH3 is 1. The number of nitrogens with two attached hydrogens (primary N) is 1. The molecule has 0 bridgehead atoms. The van der Waals surface area contributed by atoms with Gasteiger partial charge in [0, 0.05) is 30.7 Å². The zero-order valence-electron chi connectivity index (χ0n) is 22.8. The number of rotatable bonds is 8. The number of alkyl carbamates (subject to hydrolysis) is 1. The number of aliphatic imine (C=N–C) groups is 1. The molecule has 1 aromatic carbocycles. The summed E-state index contributed by atoms with van der Waals surface area (Å²) in [5.41, 5.74) is 9.51. The van der Waals surface area contributed by atoms with Gasteiger partial charge in [-0.15, -0.1) is 0 Å². The predicted octanol–water partition coefficient (Wildman–Crippen LogP) is 4.49. The number of carbonyl (C=O) groups is 2. The lowest BCUT2D eigenvalue weighted by molar-refractivity contribution is -0.146. The molecule has 1 fully saturated rings. The van der Waals surface area contributed by atoms with E-state index in [2.05, 4.69) is 25.6 Å². The van der Waals surface area contributed by atoms with Crippen molar-refractivity contribution in [3.63, 3.8) is 0 Å². The number of hydrogen-bond donors (Lipinski definition) is 3. The number of aryl methyl sites for hydroxylation is 1. The van der Waals surface area contributed by atoms with E-state index in [1.165, 1.54) is 13.3 Å². The average Bonchev–Trinajstić information content (AvgIpc) is 2.89. The second-order valence-corrected chi connectivity index (χ2v) is 10.3. The highest BCUT2D eigenvalue weighted by Crippen LogP contribution is 2.27. The maximum absolute atomic E-state index is 12.0. The zero-order chi connectivity index (χ0) is 27.7. The molecule has 2 aromatic rings. The SMILES string of the molecule is COC(=O)C1CCC(N=CC(=CN)Nc2nccc(-c3ccc(CNC(=O)OC(C)(C)C)c(C)c3)n2)CC1. The quantitative estimate of drug-likeness (QED) is 0.340. The number of benzene rings is 1. The van der Waals surface area contributed by atoms with Crippen molar-refractivity contribution in [2.24, 2.45) is 16.6 Å². The van der Waals surface area contributed by atoms with Gasteiger partial charge in [-0.2, -0.15) is 0 Å². The van der Waals surface area contributed by atoms with E-state index in [0.717, 1.165) is 48.1 Å². The van der Waals surface area contributed by atoms with E-state index in [-0.39, 0.29) is 17.9 Å². The van der Waals surface area contributed by atoms with E-state index in [9.17, 15) is 9.59 Å². The Balaban J connectivity index is 1.60. The topological polar surface area (TPSA) is 141 Å². The number of hydrogen-bond acceptors (Lipinski definition) is 9. The van der Waals surface area contributed by atoms with Crippen LogP contribution < -0.4 is 16.4 Å². The number of nitrogens with one attached hydrogen (secondary N) is 2. The summed E-state index contributed by atoms with van der Waals surface area (Å²) in [7, 11) is 1.43. The predicted molar refractivity (Wildman–Crippen MR) is 147 cm³/mol. The van der Waals surface area contributed by atoms with Crippen molar-refractivity contribution >= 4 is 24.2 Å². The highest BCUT2D eigenvalue weighted by atomic mass is 16.6. The molecule has 1 aromatic heterocycles. The summed E-state index contributed by atoms with van der Waals surface area (Å²) in [6.07, 6.45) is 7.53. The first kappa shape index (κ1) is 28.6. The van der Waals surface area contributed by atoms with Crippen molar-refractivity contribution in [3.05, 3.63) is 53.5 Å². The van der Waals surface area contributed by atoms with E-state index in [0.29, 0.717) is 18.2 Å². The van der Waals surface area contributed by atoms with E-state index in [1.807, 2.05) is 52.0 Å². The lowest BCUT2D eigenvalue weighted by Crippen LogP contribution is -2.32. The minimum Gasteiger partial charge on any atom is -0.469 e. The third kappa shape index (κ3) is 8.57. The Kier molecular flexibility index (Phi) is 9.81. The smallest absolute Gasteiger partial charge is 0.407 e. The molecule has 0 saturated heterocycles. The highest BCUT2D eigenvalue weighted by molar-refractivity contribution is 5.82. The summed E-state index contributed by atoms with van der Waals surface area (Å²) in [6, 6.07) is 7.90. The first-order chi connectivity index (χ1) is 18.1. The van der Waals surface area contributed by atoms with Gasteiger partial charge in [-0.25, -0.2) is 14.8 Å². The van der Waals surface area contributed by atoms with Gasteiger partial charge in [0.1, 0.15) is 5.60 Å². The van der Waals surface area contributed by atoms with Gasteiger partial charge >= 0.3 is 12.1 Å². The molecule has 0 unspecified atom stereocenters. The fourth-order valence-electron chi connectivity index (χ4n) is 4.17. The van der Waals surface area contributed by atoms with Crippen LogP contribution in [0.25, 0.3) is 11.3 Å². The number of anilines is 1. The fraction of sp³-hybridized carbons (Fsp3) is 0.464. The fourth-order valence-corrected chi connectivity index (χ4v) is 4.17. The Morgan fingerprint density at radius 2 is 1.92 bits per heavy atom. The molecule has 0 spiro atoms. The van der Waals surface area contributed by atoms with Crippen LogP contribution in [-0.2, 0) is 20.8 Å². The normalized spacial score (nSPS) is 18.2. The van der Waals surface area contributed by atoms with Crippen molar-refractivity contribution in [1.29, 1.82) is 0 Å². The summed E-state index contributed by atoms with van der Waals surface area (Å²) in [6.45, 7) is 7.84. The van der Waals surface area contributed by atoms with Gasteiger partial charge in [0.15, 0.2) is 0 Å². The van der Waals surface area contributed by atoms with Gasteiger partial charge < -0.3 is 25.8 Å². The van der Waals surface area contributed by atoms with Crippen LogP contribution in [0.2, 0.25) is 0 Å². The monoisotopic (exact) mass is 522 g/mol. The number of allylic oxidation sites excluding steroid dienone is 1. The van der Waals surface area contributed by atoms with Crippen LogP contribution in [0.3, 0.4) is 0 Å². The second-order valence-electron chi connectivity index (χ2n) is 10.3. The molecule has 10 heteroatoms. The summed E-state index contributed by atoms with van der Waals surface area (Å²) < 4.78 is 10.1. The van der Waals surface area contributed by atoms with Gasteiger partial charge in [0.05, 0.1) is 30.5 Å². The van der Waals surface area contributed by atoms with Crippen LogP contribution in [0.4, 0.5) is 10.7 Å². The molecule has 0 radical (unpaired) electrons. The molecule has 3 rings (SSSR count). The van der Waals surface area contributed by atoms with Crippen LogP contribution >= 0.6 is 0 Å². The first-order valence-electron chi connectivity index (χ1n) is 12.8. The standard InChI is InChI=1S/C28H38N6O4/c1-18-14-20(6-7-21(18)16-32-27(36)38-28(2,3)4)24-12-13-30-26(34-24)33-23(15-29)17-31-22-10-8-19(9-11-22)25(35)37-5/h6-7,12-15,17,19,22H,8-11,16,29H2,1-5H3,(H,32,36)(H,30,33,34). The van der Waals surface area contributed by atoms with Crippen LogP contribution in [-0.4, -0.2) is 47.0 Å². The largest absolute Gasteiger partial charge is 0.469 e. The lowest BCUT2D eigenvalue weighted by atomic mass is 9.86. The van der Waals surface area contributed by atoms with Crippen molar-refractivity contribution in [1.82, 2.24) is 15.3 Å². The number of esters is 1. The number of aromatic nitrogens is 2. The van der Waals surface area contributed by atoms with E-state index in [4.69, 9.17) is 15.2 Å². The van der Waals surface area contributed by atoms with Gasteiger partial charge in [0.2, 0.25) is 5.95 Å². The lowest BCUT2D eigenvalue weighted by Gasteiger charge is -2.24. The molecule has 4 N–H and O–H groups in total. The Morgan fingerprint density at radius 3 is 2.55 bits per heavy atom. The Morgan fingerprint density at radius 1 is 1.18 bits per heavy atom. The third-order valence-corrected chi connectivity index (χ3v) is 6.21. The van der Waals surface area contributed by atoms with Crippen molar-refractivity contribution < 1.29 is 19.1 Å². The molecule has 204 valence electrons. The third-order valence-electron chi connectivity index (χ3n) is 6.21. The summed E-state index contributed by atoms with van der Waals surface area (Å²) in [5.74, 6) is 0.216. The molecule has 0 atom stereocenters. The maximum atomic E-state index is 12.0. The van der Waals surface area contributed by atoms with Crippen LogP contribution in [0.15, 0.2) is 47.4 Å². The molecule has 1 aliphatic carbocycles. The molecule has 1 heterocycles. The number of amides is 1. The molecule has 38 heavy (non-hydrogen) atoms. The second kappa shape index (κ2) is 13.0. The molecule has 1 saturated carbocycles. The Labute approximate surface area is 224 Å². The van der Waals surface area contributed by atoms with Crippen LogP contribution in [0.5, 0.6) is 0 Å². The van der Waals surface area contributed by atoms with Crippen molar-refractivity contribution in [2.45, 2.75) is 71.6 Å². The summed E-state index contributed by atoms with van der Waals surface area (Å²) in [5, 5.41) is 5.91. The average molecular weight is 523 g/mol. The van der Waals surface area contributed by atoms with E-state index >= 15 is 0 Å².